The maximum absolute atomic E-state index is 5.48. The first-order chi connectivity index (χ1) is 9.60. The Balaban J connectivity index is 1.97. The third-order valence-electron chi connectivity index (χ3n) is 4.45. The van der Waals surface area contributed by atoms with E-state index in [1.165, 1.54) is 25.7 Å². The fourth-order valence-corrected chi connectivity index (χ4v) is 3.18. The van der Waals surface area contributed by atoms with E-state index in [2.05, 4.69) is 43.2 Å². The Labute approximate surface area is 122 Å². The summed E-state index contributed by atoms with van der Waals surface area (Å²) in [4.78, 5) is 4.66. The van der Waals surface area contributed by atoms with Crippen LogP contribution in [0.5, 0.6) is 0 Å². The van der Waals surface area contributed by atoms with Gasteiger partial charge in [-0.2, -0.15) is 4.98 Å². The van der Waals surface area contributed by atoms with Crippen molar-refractivity contribution in [2.45, 2.75) is 71.8 Å². The van der Waals surface area contributed by atoms with Gasteiger partial charge in [0.25, 0.3) is 0 Å². The molecule has 3 unspecified atom stereocenters. The maximum Gasteiger partial charge on any atom is 0.228 e. The lowest BCUT2D eigenvalue weighted by atomic mass is 9.82. The lowest BCUT2D eigenvalue weighted by Gasteiger charge is -2.23. The van der Waals surface area contributed by atoms with Gasteiger partial charge in [0.05, 0.1) is 0 Å². The topological polar surface area (TPSA) is 51.0 Å². The summed E-state index contributed by atoms with van der Waals surface area (Å²) in [5, 5.41) is 7.73. The number of rotatable bonds is 6. The molecule has 1 aliphatic carbocycles. The zero-order valence-corrected chi connectivity index (χ0v) is 13.4. The van der Waals surface area contributed by atoms with Crippen molar-refractivity contribution < 1.29 is 4.52 Å². The first kappa shape index (κ1) is 15.5. The van der Waals surface area contributed by atoms with Crippen LogP contribution in [0, 0.1) is 11.8 Å². The molecule has 3 atom stereocenters. The Bertz CT molecular complexity index is 402. The number of hydrogen-bond donors (Lipinski definition) is 1. The highest BCUT2D eigenvalue weighted by Gasteiger charge is 2.25. The van der Waals surface area contributed by atoms with E-state index in [9.17, 15) is 0 Å². The zero-order chi connectivity index (χ0) is 14.5. The van der Waals surface area contributed by atoms with Gasteiger partial charge in [0, 0.05) is 18.4 Å². The predicted octanol–water partition coefficient (Wildman–Crippen LogP) is 3.54. The van der Waals surface area contributed by atoms with E-state index in [4.69, 9.17) is 4.52 Å². The summed E-state index contributed by atoms with van der Waals surface area (Å²) >= 11 is 0. The van der Waals surface area contributed by atoms with Crippen LogP contribution in [0.25, 0.3) is 0 Å². The summed E-state index contributed by atoms with van der Waals surface area (Å²) < 4.78 is 5.48. The molecule has 1 N–H and O–H groups in total. The fourth-order valence-electron chi connectivity index (χ4n) is 3.18. The van der Waals surface area contributed by atoms with Crippen molar-refractivity contribution in [1.82, 2.24) is 15.5 Å². The average Bonchev–Trinajstić information content (AvgIpc) is 2.87. The molecular formula is C16H29N3O. The second kappa shape index (κ2) is 7.21. The minimum absolute atomic E-state index is 0.415. The number of hydrogen-bond acceptors (Lipinski definition) is 4. The number of likely N-dealkylation sites (N-methyl/N-ethyl adjacent to an activating group) is 1. The molecule has 4 nitrogen and oxygen atoms in total. The van der Waals surface area contributed by atoms with Gasteiger partial charge >= 0.3 is 0 Å². The van der Waals surface area contributed by atoms with Crippen LogP contribution in [0.4, 0.5) is 0 Å². The Morgan fingerprint density at radius 1 is 1.35 bits per heavy atom. The van der Waals surface area contributed by atoms with Crippen molar-refractivity contribution >= 4 is 0 Å². The smallest absolute Gasteiger partial charge is 0.228 e. The third kappa shape index (κ3) is 4.05. The Morgan fingerprint density at radius 3 is 2.80 bits per heavy atom. The SMILES string of the molecule is CCNC(Cc1nc(C2CCCC(C)C2)no1)C(C)C. The van der Waals surface area contributed by atoms with E-state index in [1.54, 1.807) is 0 Å². The summed E-state index contributed by atoms with van der Waals surface area (Å²) in [6.07, 6.45) is 5.89. The van der Waals surface area contributed by atoms with Crippen LogP contribution in [0.1, 0.15) is 71.0 Å². The molecule has 1 aromatic rings. The van der Waals surface area contributed by atoms with Gasteiger partial charge in [-0.1, -0.05) is 45.7 Å². The van der Waals surface area contributed by atoms with Crippen LogP contribution in [0.15, 0.2) is 4.52 Å². The molecule has 114 valence electrons. The molecule has 0 aromatic carbocycles. The molecule has 0 aliphatic heterocycles. The Morgan fingerprint density at radius 2 is 2.15 bits per heavy atom. The highest BCUT2D eigenvalue weighted by Crippen LogP contribution is 2.34. The highest BCUT2D eigenvalue weighted by atomic mass is 16.5. The van der Waals surface area contributed by atoms with Crippen molar-refractivity contribution in [3.8, 4) is 0 Å². The molecule has 0 spiro atoms. The molecule has 2 rings (SSSR count). The van der Waals surface area contributed by atoms with E-state index < -0.39 is 0 Å². The highest BCUT2D eigenvalue weighted by molar-refractivity contribution is 4.99. The van der Waals surface area contributed by atoms with Gasteiger partial charge < -0.3 is 9.84 Å². The van der Waals surface area contributed by atoms with Crippen molar-refractivity contribution in [3.63, 3.8) is 0 Å². The molecule has 4 heteroatoms. The molecular weight excluding hydrogens is 250 g/mol. The normalized spacial score (nSPS) is 25.1. The van der Waals surface area contributed by atoms with E-state index in [0.717, 1.165) is 30.6 Å². The first-order valence-electron chi connectivity index (χ1n) is 8.16. The molecule has 0 bridgehead atoms. The largest absolute Gasteiger partial charge is 0.339 e. The van der Waals surface area contributed by atoms with Crippen LogP contribution in [-0.2, 0) is 6.42 Å². The minimum Gasteiger partial charge on any atom is -0.339 e. The van der Waals surface area contributed by atoms with E-state index in [0.29, 0.717) is 17.9 Å². The molecule has 0 radical (unpaired) electrons. The summed E-state index contributed by atoms with van der Waals surface area (Å²) in [5.74, 6) is 3.59. The zero-order valence-electron chi connectivity index (χ0n) is 13.4. The molecule has 1 aromatic heterocycles. The van der Waals surface area contributed by atoms with E-state index in [-0.39, 0.29) is 0 Å². The van der Waals surface area contributed by atoms with Gasteiger partial charge in [0.2, 0.25) is 5.89 Å². The van der Waals surface area contributed by atoms with Gasteiger partial charge in [-0.05, 0) is 31.2 Å². The molecule has 0 amide bonds. The Hall–Kier alpha value is -0.900. The summed E-state index contributed by atoms with van der Waals surface area (Å²) in [5.41, 5.74) is 0. The predicted molar refractivity (Wildman–Crippen MR) is 80.7 cm³/mol. The molecule has 1 saturated carbocycles. The van der Waals surface area contributed by atoms with Crippen LogP contribution in [-0.4, -0.2) is 22.7 Å². The van der Waals surface area contributed by atoms with Gasteiger partial charge in [-0.25, -0.2) is 0 Å². The summed E-state index contributed by atoms with van der Waals surface area (Å²) in [6, 6.07) is 0.415. The maximum atomic E-state index is 5.48. The summed E-state index contributed by atoms with van der Waals surface area (Å²) in [7, 11) is 0. The third-order valence-corrected chi connectivity index (χ3v) is 4.45. The van der Waals surface area contributed by atoms with Crippen molar-refractivity contribution in [2.75, 3.05) is 6.54 Å². The van der Waals surface area contributed by atoms with E-state index in [1.807, 2.05) is 0 Å². The lowest BCUT2D eigenvalue weighted by molar-refractivity contribution is 0.310. The standard InChI is InChI=1S/C16H29N3O/c1-5-17-14(11(2)3)10-15-18-16(19-20-15)13-8-6-7-12(4)9-13/h11-14,17H,5-10H2,1-4H3. The lowest BCUT2D eigenvalue weighted by Crippen LogP contribution is -2.35. The Kier molecular flexibility index (Phi) is 5.58. The second-order valence-corrected chi connectivity index (χ2v) is 6.63. The van der Waals surface area contributed by atoms with Crippen molar-refractivity contribution in [1.29, 1.82) is 0 Å². The number of nitrogens with zero attached hydrogens (tertiary/aromatic N) is 2. The van der Waals surface area contributed by atoms with Gasteiger partial charge in [0.15, 0.2) is 5.82 Å². The van der Waals surface area contributed by atoms with Crippen LogP contribution < -0.4 is 5.32 Å². The molecule has 20 heavy (non-hydrogen) atoms. The quantitative estimate of drug-likeness (QED) is 0.865. The fraction of sp³-hybridized carbons (Fsp3) is 0.875. The van der Waals surface area contributed by atoms with E-state index >= 15 is 0 Å². The van der Waals surface area contributed by atoms with Gasteiger partial charge in [0.1, 0.15) is 0 Å². The van der Waals surface area contributed by atoms with Crippen LogP contribution in [0.3, 0.4) is 0 Å². The molecule has 1 heterocycles. The molecule has 0 saturated heterocycles. The van der Waals surface area contributed by atoms with Crippen LogP contribution >= 0.6 is 0 Å². The number of nitrogens with one attached hydrogen (secondary N) is 1. The molecule has 1 aliphatic rings. The average molecular weight is 279 g/mol. The van der Waals surface area contributed by atoms with Gasteiger partial charge in [-0.15, -0.1) is 0 Å². The first-order valence-corrected chi connectivity index (χ1v) is 8.16. The minimum atomic E-state index is 0.415. The summed E-state index contributed by atoms with van der Waals surface area (Å²) in [6.45, 7) is 9.90. The monoisotopic (exact) mass is 279 g/mol. The van der Waals surface area contributed by atoms with Crippen LogP contribution in [0.2, 0.25) is 0 Å². The second-order valence-electron chi connectivity index (χ2n) is 6.63. The number of aromatic nitrogens is 2. The van der Waals surface area contributed by atoms with Crippen molar-refractivity contribution in [2.24, 2.45) is 11.8 Å². The van der Waals surface area contributed by atoms with Gasteiger partial charge in [-0.3, -0.25) is 0 Å². The molecule has 1 fully saturated rings. The van der Waals surface area contributed by atoms with Crippen molar-refractivity contribution in [3.05, 3.63) is 11.7 Å².